The minimum Gasteiger partial charge on any atom is -0.387 e. The van der Waals surface area contributed by atoms with Crippen LogP contribution in [0.25, 0.3) is 0 Å². The van der Waals surface area contributed by atoms with Gasteiger partial charge in [-0.3, -0.25) is 0 Å². The van der Waals surface area contributed by atoms with Gasteiger partial charge in [0, 0.05) is 0 Å². The van der Waals surface area contributed by atoms with E-state index in [0.29, 0.717) is 0 Å². The molecule has 0 spiro atoms. The van der Waals surface area contributed by atoms with Crippen molar-refractivity contribution in [2.75, 3.05) is 13.2 Å². The first-order valence-electron chi connectivity index (χ1n) is 18.2. The molecule has 0 fully saturated rings. The van der Waals surface area contributed by atoms with Crippen LogP contribution in [0, 0.1) is 0 Å². The number of halogens is 48. The lowest BCUT2D eigenvalue weighted by molar-refractivity contribution is -0.612. The standard InChI is InChI=1S/C26H6F48O15/c27-3(28,1-75)77-5(31,32)6(33,34)79-7(35,36)8(37,38)80-9(39,40)10(41,42)81-11(43,44)12(45,46)82-13(47,48)14(49,50)83-15(51,52)16(53,54)84-17(55,56)18(57,58)85-19(59,60)20(61,62)86-21(63,64)22(65,66)87-23(67,68)24(69,70)88-26(73,74)89-25(71,72)78-4(29,30)2-76/h75-76H,1-2H2. The van der Waals surface area contributed by atoms with Gasteiger partial charge >= 0.3 is 147 Å². The van der Waals surface area contributed by atoms with Crippen molar-refractivity contribution >= 4 is 0 Å². The molecule has 0 aromatic carbocycles. The van der Waals surface area contributed by atoms with E-state index in [-0.39, 0.29) is 0 Å². The molecule has 0 saturated heterocycles. The van der Waals surface area contributed by atoms with E-state index in [2.05, 4.69) is 0 Å². The highest BCUT2D eigenvalue weighted by molar-refractivity contribution is 4.85. The predicted molar refractivity (Wildman–Crippen MR) is 147 cm³/mol. The van der Waals surface area contributed by atoms with Gasteiger partial charge in [-0.25, -0.2) is 61.6 Å². The Labute approximate surface area is 444 Å². The molecule has 2 N–H and O–H groups in total. The summed E-state index contributed by atoms with van der Waals surface area (Å²) in [5, 5.41) is 15.9. The van der Waals surface area contributed by atoms with E-state index in [0.717, 1.165) is 42.6 Å². The summed E-state index contributed by atoms with van der Waals surface area (Å²) in [6.07, 6.45) is -198. The second-order valence-electron chi connectivity index (χ2n) is 14.2. The van der Waals surface area contributed by atoms with Gasteiger partial charge in [-0.15, -0.1) is 17.6 Å². The fourth-order valence-corrected chi connectivity index (χ4v) is 3.39. The van der Waals surface area contributed by atoms with Crippen LogP contribution in [0.2, 0.25) is 0 Å². The van der Waals surface area contributed by atoms with E-state index in [4.69, 9.17) is 10.2 Å². The number of aliphatic hydroxyl groups excluding tert-OH is 2. The molecule has 0 aliphatic rings. The van der Waals surface area contributed by atoms with Gasteiger partial charge in [0.05, 0.1) is 0 Å². The highest BCUT2D eigenvalue weighted by Crippen LogP contribution is 2.58. The SMILES string of the molecule is OCC(F)(F)OC(F)(F)OC(F)(F)OC(F)(F)C(F)(F)OC(F)(F)C(F)(F)OC(F)(F)C(F)(F)OC(F)(F)C(F)(F)OC(F)(F)C(F)(F)OC(F)(F)C(F)(F)OC(F)(F)C(F)(F)OC(F)(F)C(F)(F)OC(F)(F)C(F)(F)OC(F)(F)C(F)(F)OC(F)(F)CO. The summed E-state index contributed by atoms with van der Waals surface area (Å²) in [7, 11) is 0. The molecule has 0 atom stereocenters. The maximum Gasteiger partial charge on any atom is 0.497 e. The molecular formula is C26H6F48O15. The maximum absolute atomic E-state index is 13.8. The number of hydrogen-bond donors (Lipinski definition) is 2. The zero-order valence-corrected chi connectivity index (χ0v) is 37.8. The molecule has 0 aliphatic carbocycles. The van der Waals surface area contributed by atoms with Crippen LogP contribution in [0.3, 0.4) is 0 Å². The van der Waals surface area contributed by atoms with Gasteiger partial charge in [-0.1, -0.05) is 0 Å². The van der Waals surface area contributed by atoms with Gasteiger partial charge in [0.15, 0.2) is 0 Å². The minimum absolute atomic E-state index is 0.820. The normalized spacial score (nSPS) is 16.7. The van der Waals surface area contributed by atoms with Crippen molar-refractivity contribution in [3.63, 3.8) is 0 Å². The minimum atomic E-state index is -8.90. The van der Waals surface area contributed by atoms with Crippen LogP contribution in [0.1, 0.15) is 0 Å². The molecule has 0 aromatic rings. The summed E-state index contributed by atoms with van der Waals surface area (Å²) in [6, 6.07) is 0. The van der Waals surface area contributed by atoms with Crippen molar-refractivity contribution in [3.8, 4) is 0 Å². The van der Waals surface area contributed by atoms with E-state index in [9.17, 15) is 211 Å². The zero-order chi connectivity index (χ0) is 72.6. The summed E-state index contributed by atoms with van der Waals surface area (Å²) in [4.78, 5) is 0. The topological polar surface area (TPSA) is 160 Å². The van der Waals surface area contributed by atoms with Crippen LogP contribution in [-0.2, 0) is 61.6 Å². The van der Waals surface area contributed by atoms with Crippen LogP contribution in [0.15, 0.2) is 0 Å². The second kappa shape index (κ2) is 24.1. The Bertz CT molecular complexity index is 2360. The third kappa shape index (κ3) is 19.6. The van der Waals surface area contributed by atoms with Gasteiger partial charge in [0.1, 0.15) is 13.2 Å². The Balaban J connectivity index is 6.67. The lowest BCUT2D eigenvalue weighted by atomic mass is 10.4. The maximum atomic E-state index is 13.8. The molecule has 0 bridgehead atoms. The smallest absolute Gasteiger partial charge is 0.387 e. The third-order valence-electron chi connectivity index (χ3n) is 7.09. The van der Waals surface area contributed by atoms with Gasteiger partial charge in [-0.2, -0.15) is 193 Å². The monoisotopic (exact) mass is 1470 g/mol. The molecular weight excluding hydrogens is 1460 g/mol. The van der Waals surface area contributed by atoms with Crippen molar-refractivity contribution in [2.45, 2.75) is 147 Å². The first-order valence-corrected chi connectivity index (χ1v) is 18.2. The molecule has 0 radical (unpaired) electrons. The molecule has 63 heteroatoms. The molecule has 536 valence electrons. The number of alkyl halides is 48. The Hall–Kier alpha value is -3.96. The molecule has 0 rings (SSSR count). The fourth-order valence-electron chi connectivity index (χ4n) is 3.39. The van der Waals surface area contributed by atoms with Crippen LogP contribution < -0.4 is 0 Å². The van der Waals surface area contributed by atoms with Crippen molar-refractivity contribution in [1.82, 2.24) is 0 Å². The van der Waals surface area contributed by atoms with Gasteiger partial charge in [0.25, 0.3) is 0 Å². The average Bonchev–Trinajstić information content (AvgIpc) is 3.18. The molecule has 0 aromatic heterocycles. The average molecular weight is 1470 g/mol. The highest BCUT2D eigenvalue weighted by atomic mass is 19.4. The first-order chi connectivity index (χ1) is 37.8. The summed E-state index contributed by atoms with van der Waals surface area (Å²) >= 11 is 0. The van der Waals surface area contributed by atoms with Crippen LogP contribution in [-0.4, -0.2) is 170 Å². The van der Waals surface area contributed by atoms with Gasteiger partial charge in [0.2, 0.25) is 0 Å². The third-order valence-corrected chi connectivity index (χ3v) is 7.09. The lowest BCUT2D eigenvalue weighted by Crippen LogP contribution is -2.63. The Morgan fingerprint density at radius 2 is 0.236 bits per heavy atom. The molecule has 0 amide bonds. The molecule has 0 unspecified atom stereocenters. The summed E-state index contributed by atoms with van der Waals surface area (Å²) < 4.78 is 663. The predicted octanol–water partition coefficient (Wildman–Crippen LogP) is 13.3. The van der Waals surface area contributed by atoms with Gasteiger partial charge in [-0.05, 0) is 0 Å². The Kier molecular flexibility index (Phi) is 23.0. The van der Waals surface area contributed by atoms with Crippen LogP contribution >= 0.6 is 0 Å². The Morgan fingerprint density at radius 3 is 0.371 bits per heavy atom. The van der Waals surface area contributed by atoms with E-state index < -0.39 is 160 Å². The summed E-state index contributed by atoms with van der Waals surface area (Å²) in [5.41, 5.74) is 0. The van der Waals surface area contributed by atoms with Crippen LogP contribution in [0.4, 0.5) is 211 Å². The largest absolute Gasteiger partial charge is 0.497 e. The fraction of sp³-hybridized carbons (Fsp3) is 1.00. The van der Waals surface area contributed by atoms with Crippen molar-refractivity contribution in [2.24, 2.45) is 0 Å². The summed E-state index contributed by atoms with van der Waals surface area (Å²) in [5.74, 6) is 0. The van der Waals surface area contributed by atoms with Crippen LogP contribution in [0.5, 0.6) is 0 Å². The van der Waals surface area contributed by atoms with E-state index >= 15 is 0 Å². The van der Waals surface area contributed by atoms with E-state index in [1.165, 1.54) is 4.74 Å². The van der Waals surface area contributed by atoms with E-state index in [1.807, 2.05) is 4.74 Å². The highest BCUT2D eigenvalue weighted by Gasteiger charge is 2.84. The molecule has 15 nitrogen and oxygen atoms in total. The first kappa shape index (κ1) is 85.0. The van der Waals surface area contributed by atoms with E-state index in [1.54, 1.807) is 9.47 Å². The molecule has 0 heterocycles. The zero-order valence-electron chi connectivity index (χ0n) is 37.8. The molecule has 89 heavy (non-hydrogen) atoms. The number of hydrogen-bond acceptors (Lipinski definition) is 15. The number of ether oxygens (including phenoxy) is 13. The molecule has 0 aliphatic heterocycles. The lowest BCUT2D eigenvalue weighted by Gasteiger charge is -2.38. The van der Waals surface area contributed by atoms with Crippen molar-refractivity contribution in [1.29, 1.82) is 0 Å². The number of aliphatic hydroxyl groups is 2. The number of rotatable bonds is 38. The molecule has 0 saturated carbocycles. The Morgan fingerprint density at radius 1 is 0.135 bits per heavy atom. The quantitative estimate of drug-likeness (QED) is 0.0444. The van der Waals surface area contributed by atoms with Crippen molar-refractivity contribution < 1.29 is 283 Å². The van der Waals surface area contributed by atoms with Gasteiger partial charge < -0.3 is 10.2 Å². The van der Waals surface area contributed by atoms with Crippen molar-refractivity contribution in [3.05, 3.63) is 0 Å². The summed E-state index contributed by atoms with van der Waals surface area (Å²) in [6.45, 7) is -6.20. The second-order valence-corrected chi connectivity index (χ2v) is 14.2.